The fourth-order valence-corrected chi connectivity index (χ4v) is 4.02. The number of carbonyl (C=O) groups is 1. The van der Waals surface area contributed by atoms with Crippen molar-refractivity contribution in [2.24, 2.45) is 0 Å². The highest BCUT2D eigenvalue weighted by atomic mass is 35.5. The molecule has 0 saturated carbocycles. The van der Waals surface area contributed by atoms with Crippen LogP contribution >= 0.6 is 23.4 Å². The van der Waals surface area contributed by atoms with E-state index >= 15 is 0 Å². The van der Waals surface area contributed by atoms with E-state index in [0.717, 1.165) is 22.5 Å². The molecule has 4 nitrogen and oxygen atoms in total. The normalized spacial score (nSPS) is 11.6. The fourth-order valence-electron chi connectivity index (χ4n) is 2.90. The highest BCUT2D eigenvalue weighted by Gasteiger charge is 2.21. The van der Waals surface area contributed by atoms with Gasteiger partial charge in [-0.3, -0.25) is 4.79 Å². The molecule has 152 valence electrons. The number of nitrogens with one attached hydrogen (secondary N) is 1. The van der Waals surface area contributed by atoms with E-state index in [-0.39, 0.29) is 11.2 Å². The summed E-state index contributed by atoms with van der Waals surface area (Å²) < 4.78 is 0. The summed E-state index contributed by atoms with van der Waals surface area (Å²) in [5, 5.41) is 13.3. The molecule has 0 radical (unpaired) electrons. The first-order chi connectivity index (χ1) is 14.4. The van der Waals surface area contributed by atoms with Gasteiger partial charge in [0.05, 0.1) is 16.5 Å². The van der Waals surface area contributed by atoms with Crippen molar-refractivity contribution in [2.45, 2.75) is 37.5 Å². The van der Waals surface area contributed by atoms with E-state index in [4.69, 9.17) is 11.6 Å². The Bertz CT molecular complexity index is 1110. The lowest BCUT2D eigenvalue weighted by Crippen LogP contribution is -2.24. The maximum absolute atomic E-state index is 12.9. The largest absolute Gasteiger partial charge is 0.325 e. The fraction of sp³-hybridized carbons (Fsp3) is 0.208. The summed E-state index contributed by atoms with van der Waals surface area (Å²) >= 11 is 7.29. The topological polar surface area (TPSA) is 65.8 Å². The molecule has 0 aliphatic carbocycles. The van der Waals surface area contributed by atoms with Crippen LogP contribution in [-0.2, 0) is 4.79 Å². The number of aromatic nitrogens is 1. The van der Waals surface area contributed by atoms with Crippen LogP contribution in [0, 0.1) is 25.2 Å². The maximum Gasteiger partial charge on any atom is 0.237 e. The van der Waals surface area contributed by atoms with Gasteiger partial charge in [0.15, 0.2) is 0 Å². The number of amides is 1. The maximum atomic E-state index is 12.9. The van der Waals surface area contributed by atoms with Gasteiger partial charge in [0.2, 0.25) is 5.91 Å². The minimum Gasteiger partial charge on any atom is -0.325 e. The molecular formula is C24H22ClN3OS. The van der Waals surface area contributed by atoms with E-state index in [9.17, 15) is 10.1 Å². The molecular weight excluding hydrogens is 414 g/mol. The van der Waals surface area contributed by atoms with E-state index < -0.39 is 0 Å². The first-order valence-electron chi connectivity index (χ1n) is 9.63. The van der Waals surface area contributed by atoms with Crippen molar-refractivity contribution in [2.75, 3.05) is 5.32 Å². The average molecular weight is 436 g/mol. The molecule has 1 aromatic heterocycles. The SMILES string of the molecule is CCC(Sc1nc(-c2ccc(Cl)cc2)ccc1C#N)C(=O)Nc1ccc(C)c(C)c1. The summed E-state index contributed by atoms with van der Waals surface area (Å²) in [5.41, 5.74) is 5.16. The van der Waals surface area contributed by atoms with Gasteiger partial charge in [-0.15, -0.1) is 0 Å². The van der Waals surface area contributed by atoms with Gasteiger partial charge >= 0.3 is 0 Å². The molecule has 2 aromatic carbocycles. The second-order valence-electron chi connectivity index (χ2n) is 6.97. The summed E-state index contributed by atoms with van der Waals surface area (Å²) in [7, 11) is 0. The van der Waals surface area contributed by atoms with Crippen LogP contribution < -0.4 is 5.32 Å². The van der Waals surface area contributed by atoms with Gasteiger partial charge in [-0.05, 0) is 67.8 Å². The lowest BCUT2D eigenvalue weighted by Gasteiger charge is -2.16. The zero-order valence-electron chi connectivity index (χ0n) is 17.1. The number of rotatable bonds is 6. The van der Waals surface area contributed by atoms with Crippen molar-refractivity contribution in [3.05, 3.63) is 76.3 Å². The van der Waals surface area contributed by atoms with Crippen LogP contribution in [0.3, 0.4) is 0 Å². The highest BCUT2D eigenvalue weighted by molar-refractivity contribution is 8.00. The van der Waals surface area contributed by atoms with Gasteiger partial charge in [0.1, 0.15) is 11.1 Å². The molecule has 0 saturated heterocycles. The molecule has 3 aromatic rings. The Morgan fingerprint density at radius 3 is 2.50 bits per heavy atom. The van der Waals surface area contributed by atoms with Gasteiger partial charge in [-0.1, -0.05) is 48.5 Å². The summed E-state index contributed by atoms with van der Waals surface area (Å²) in [6, 6.07) is 19.0. The van der Waals surface area contributed by atoms with E-state index in [1.807, 2.05) is 57.2 Å². The number of halogens is 1. The number of hydrogen-bond donors (Lipinski definition) is 1. The molecule has 0 fully saturated rings. The minimum atomic E-state index is -0.369. The van der Waals surface area contributed by atoms with Crippen LogP contribution in [-0.4, -0.2) is 16.1 Å². The zero-order chi connectivity index (χ0) is 21.7. The number of carbonyl (C=O) groups excluding carboxylic acids is 1. The Labute approximate surface area is 186 Å². The summed E-state index contributed by atoms with van der Waals surface area (Å²) in [6.07, 6.45) is 0.610. The second kappa shape index (κ2) is 9.80. The van der Waals surface area contributed by atoms with Gasteiger partial charge < -0.3 is 5.32 Å². The number of nitrogens with zero attached hydrogens (tertiary/aromatic N) is 2. The molecule has 1 heterocycles. The van der Waals surface area contributed by atoms with E-state index in [0.29, 0.717) is 22.0 Å². The standard InChI is InChI=1S/C24H22ClN3OS/c1-4-22(23(29)27-20-11-5-15(2)16(3)13-20)30-24-18(14-26)8-12-21(28-24)17-6-9-19(25)10-7-17/h5-13,22H,4H2,1-3H3,(H,27,29). The van der Waals surface area contributed by atoms with Crippen LogP contribution in [0.1, 0.15) is 30.0 Å². The molecule has 1 N–H and O–H groups in total. The number of aryl methyl sites for hydroxylation is 2. The Hall–Kier alpha value is -2.81. The number of thioether (sulfide) groups is 1. The monoisotopic (exact) mass is 435 g/mol. The molecule has 1 atom stereocenters. The molecule has 0 spiro atoms. The van der Waals surface area contributed by atoms with Gasteiger partial charge in [-0.25, -0.2) is 4.98 Å². The quantitative estimate of drug-likeness (QED) is 0.455. The molecule has 1 amide bonds. The van der Waals surface area contributed by atoms with E-state index in [1.165, 1.54) is 17.3 Å². The van der Waals surface area contributed by atoms with Crippen molar-refractivity contribution < 1.29 is 4.79 Å². The summed E-state index contributed by atoms with van der Waals surface area (Å²) in [4.78, 5) is 17.5. The van der Waals surface area contributed by atoms with E-state index in [2.05, 4.69) is 16.4 Å². The predicted octanol–water partition coefficient (Wildman–Crippen LogP) is 6.40. The van der Waals surface area contributed by atoms with Crippen LogP contribution in [0.5, 0.6) is 0 Å². The zero-order valence-corrected chi connectivity index (χ0v) is 18.6. The Morgan fingerprint density at radius 1 is 1.13 bits per heavy atom. The van der Waals surface area contributed by atoms with Crippen molar-refractivity contribution >= 4 is 35.0 Å². The number of pyridine rings is 1. The summed E-state index contributed by atoms with van der Waals surface area (Å²) in [5.74, 6) is -0.103. The Kier molecular flexibility index (Phi) is 7.15. The minimum absolute atomic E-state index is 0.103. The highest BCUT2D eigenvalue weighted by Crippen LogP contribution is 2.31. The number of hydrogen-bond acceptors (Lipinski definition) is 4. The average Bonchev–Trinajstić information content (AvgIpc) is 2.75. The third-order valence-electron chi connectivity index (χ3n) is 4.81. The van der Waals surface area contributed by atoms with Crippen LogP contribution in [0.15, 0.2) is 59.6 Å². The van der Waals surface area contributed by atoms with Crippen LogP contribution in [0.25, 0.3) is 11.3 Å². The third kappa shape index (κ3) is 5.21. The molecule has 3 rings (SSSR count). The molecule has 1 unspecified atom stereocenters. The van der Waals surface area contributed by atoms with Gasteiger partial charge in [0, 0.05) is 16.3 Å². The molecule has 0 aliphatic heterocycles. The predicted molar refractivity (Wildman–Crippen MR) is 124 cm³/mol. The molecule has 6 heteroatoms. The van der Waals surface area contributed by atoms with Crippen molar-refractivity contribution in [3.8, 4) is 17.3 Å². The van der Waals surface area contributed by atoms with Crippen molar-refractivity contribution in [1.82, 2.24) is 4.98 Å². The van der Waals surface area contributed by atoms with Gasteiger partial charge in [-0.2, -0.15) is 5.26 Å². The van der Waals surface area contributed by atoms with Crippen LogP contribution in [0.2, 0.25) is 5.02 Å². The Balaban J connectivity index is 1.83. The lowest BCUT2D eigenvalue weighted by molar-refractivity contribution is -0.115. The first-order valence-corrected chi connectivity index (χ1v) is 10.9. The number of benzene rings is 2. The van der Waals surface area contributed by atoms with Crippen molar-refractivity contribution in [1.29, 1.82) is 5.26 Å². The van der Waals surface area contributed by atoms with Crippen LogP contribution in [0.4, 0.5) is 5.69 Å². The summed E-state index contributed by atoms with van der Waals surface area (Å²) in [6.45, 7) is 6.00. The second-order valence-corrected chi connectivity index (χ2v) is 8.60. The van der Waals surface area contributed by atoms with Crippen molar-refractivity contribution in [3.63, 3.8) is 0 Å². The molecule has 0 bridgehead atoms. The first kappa shape index (κ1) is 21.9. The Morgan fingerprint density at radius 2 is 1.87 bits per heavy atom. The van der Waals surface area contributed by atoms with Gasteiger partial charge in [0.25, 0.3) is 0 Å². The third-order valence-corrected chi connectivity index (χ3v) is 6.43. The molecule has 0 aliphatic rings. The van der Waals surface area contributed by atoms with E-state index in [1.54, 1.807) is 18.2 Å². The molecule has 30 heavy (non-hydrogen) atoms. The number of anilines is 1. The number of nitriles is 1. The smallest absolute Gasteiger partial charge is 0.237 e. The lowest BCUT2D eigenvalue weighted by atomic mass is 10.1.